The summed E-state index contributed by atoms with van der Waals surface area (Å²) in [5.41, 5.74) is 9.01. The largest absolute Gasteiger partial charge is 0.436 e. The van der Waals surface area contributed by atoms with Crippen molar-refractivity contribution in [1.82, 2.24) is 15.2 Å². The summed E-state index contributed by atoms with van der Waals surface area (Å²) >= 11 is 0. The molecule has 1 aromatic heterocycles. The van der Waals surface area contributed by atoms with Crippen LogP contribution in [0.5, 0.6) is 0 Å². The van der Waals surface area contributed by atoms with Crippen LogP contribution in [0.3, 0.4) is 0 Å². The molecule has 2 aliphatic heterocycles. The summed E-state index contributed by atoms with van der Waals surface area (Å²) < 4.78 is 5.91. The average molecular weight is 390 g/mol. The highest BCUT2D eigenvalue weighted by Crippen LogP contribution is 2.33. The number of hydrogen-bond donors (Lipinski definition) is 2. The van der Waals surface area contributed by atoms with Crippen LogP contribution in [0.15, 0.2) is 46.9 Å². The van der Waals surface area contributed by atoms with Crippen LogP contribution < -0.4 is 11.1 Å². The van der Waals surface area contributed by atoms with E-state index in [1.807, 2.05) is 30.3 Å². The molecule has 2 unspecified atom stereocenters. The van der Waals surface area contributed by atoms with Crippen molar-refractivity contribution in [3.8, 4) is 11.5 Å². The van der Waals surface area contributed by atoms with Crippen LogP contribution in [-0.2, 0) is 0 Å². The number of nitrogen functional groups attached to an aromatic ring is 1. The van der Waals surface area contributed by atoms with E-state index in [0.717, 1.165) is 18.4 Å². The second kappa shape index (κ2) is 7.19. The van der Waals surface area contributed by atoms with Gasteiger partial charge in [0.2, 0.25) is 5.89 Å². The Morgan fingerprint density at radius 3 is 2.62 bits per heavy atom. The van der Waals surface area contributed by atoms with Gasteiger partial charge < -0.3 is 20.4 Å². The van der Waals surface area contributed by atoms with Gasteiger partial charge in [-0.2, -0.15) is 0 Å². The normalized spacial score (nSPS) is 24.5. The molecule has 29 heavy (non-hydrogen) atoms. The monoisotopic (exact) mass is 390 g/mol. The number of rotatable bonds is 3. The summed E-state index contributed by atoms with van der Waals surface area (Å²) in [5.74, 6) is 0.372. The van der Waals surface area contributed by atoms with Gasteiger partial charge >= 0.3 is 0 Å². The summed E-state index contributed by atoms with van der Waals surface area (Å²) in [6.07, 6.45) is 5.71. The Balaban J connectivity index is 1.43. The number of oxazole rings is 1. The molecule has 1 amide bonds. The quantitative estimate of drug-likeness (QED) is 0.664. The Bertz CT molecular complexity index is 1030. The SMILES string of the molecule is CN1C2CCCC1CC(NC(=O)c1cc(N)cc3oc(-c4ccccc4)nc13)C2. The van der Waals surface area contributed by atoms with Gasteiger partial charge in [0.05, 0.1) is 5.56 Å². The lowest BCUT2D eigenvalue weighted by Gasteiger charge is -2.47. The van der Waals surface area contributed by atoms with Crippen LogP contribution in [0, 0.1) is 0 Å². The molecule has 6 heteroatoms. The van der Waals surface area contributed by atoms with Crippen molar-refractivity contribution in [2.45, 2.75) is 50.2 Å². The third-order valence-electron chi connectivity index (χ3n) is 6.46. The first-order chi connectivity index (χ1) is 14.1. The number of hydrogen-bond acceptors (Lipinski definition) is 5. The highest BCUT2D eigenvalue weighted by molar-refractivity contribution is 6.06. The molecule has 3 aromatic rings. The lowest BCUT2D eigenvalue weighted by molar-refractivity contribution is 0.0463. The summed E-state index contributed by atoms with van der Waals surface area (Å²) in [4.78, 5) is 20.3. The molecule has 3 heterocycles. The minimum atomic E-state index is -0.122. The van der Waals surface area contributed by atoms with Crippen molar-refractivity contribution in [3.05, 3.63) is 48.0 Å². The Morgan fingerprint density at radius 1 is 1.17 bits per heavy atom. The Labute approximate surface area is 170 Å². The van der Waals surface area contributed by atoms with Crippen LogP contribution in [0.4, 0.5) is 5.69 Å². The number of fused-ring (bicyclic) bond motifs is 3. The van der Waals surface area contributed by atoms with Crippen molar-refractivity contribution in [2.24, 2.45) is 0 Å². The molecular weight excluding hydrogens is 364 g/mol. The number of carbonyl (C=O) groups excluding carboxylic acids is 1. The lowest BCUT2D eigenvalue weighted by Crippen LogP contribution is -2.55. The van der Waals surface area contributed by atoms with Gasteiger partial charge in [0.15, 0.2) is 5.58 Å². The molecule has 6 nitrogen and oxygen atoms in total. The topological polar surface area (TPSA) is 84.4 Å². The van der Waals surface area contributed by atoms with Gasteiger partial charge in [-0.3, -0.25) is 4.79 Å². The van der Waals surface area contributed by atoms with Gasteiger partial charge in [-0.25, -0.2) is 4.98 Å². The van der Waals surface area contributed by atoms with Crippen LogP contribution in [0.2, 0.25) is 0 Å². The van der Waals surface area contributed by atoms with E-state index in [4.69, 9.17) is 10.2 Å². The van der Waals surface area contributed by atoms with Crippen molar-refractivity contribution in [2.75, 3.05) is 12.8 Å². The number of nitrogens with one attached hydrogen (secondary N) is 1. The fourth-order valence-corrected chi connectivity index (χ4v) is 4.92. The highest BCUT2D eigenvalue weighted by atomic mass is 16.3. The molecule has 2 aliphatic rings. The highest BCUT2D eigenvalue weighted by Gasteiger charge is 2.36. The zero-order valence-corrected chi connectivity index (χ0v) is 16.6. The summed E-state index contributed by atoms with van der Waals surface area (Å²) in [5, 5.41) is 3.25. The molecule has 2 aromatic carbocycles. The first-order valence-electron chi connectivity index (χ1n) is 10.4. The summed E-state index contributed by atoms with van der Waals surface area (Å²) in [6, 6.07) is 14.4. The van der Waals surface area contributed by atoms with Gasteiger partial charge in [0, 0.05) is 35.4 Å². The Kier molecular flexibility index (Phi) is 4.51. The Morgan fingerprint density at radius 2 is 1.90 bits per heavy atom. The summed E-state index contributed by atoms with van der Waals surface area (Å²) in [7, 11) is 2.22. The zero-order valence-electron chi connectivity index (χ0n) is 16.6. The van der Waals surface area contributed by atoms with E-state index in [2.05, 4.69) is 22.2 Å². The molecule has 2 saturated heterocycles. The Hall–Kier alpha value is -2.86. The van der Waals surface area contributed by atoms with Gasteiger partial charge in [0.25, 0.3) is 5.91 Å². The van der Waals surface area contributed by atoms with Gasteiger partial charge in [-0.15, -0.1) is 0 Å². The molecule has 3 N–H and O–H groups in total. The first-order valence-corrected chi connectivity index (χ1v) is 10.4. The third kappa shape index (κ3) is 3.38. The van der Waals surface area contributed by atoms with E-state index < -0.39 is 0 Å². The van der Waals surface area contributed by atoms with Crippen molar-refractivity contribution >= 4 is 22.7 Å². The molecular formula is C23H26N4O2. The van der Waals surface area contributed by atoms with Gasteiger partial charge in [-0.1, -0.05) is 24.6 Å². The van der Waals surface area contributed by atoms with Crippen LogP contribution in [0.1, 0.15) is 42.5 Å². The second-order valence-corrected chi connectivity index (χ2v) is 8.35. The number of piperidine rings is 2. The molecule has 150 valence electrons. The van der Waals surface area contributed by atoms with Crippen molar-refractivity contribution < 1.29 is 9.21 Å². The van der Waals surface area contributed by atoms with E-state index in [9.17, 15) is 4.79 Å². The van der Waals surface area contributed by atoms with Gasteiger partial charge in [0.1, 0.15) is 5.52 Å². The van der Waals surface area contributed by atoms with Crippen LogP contribution >= 0.6 is 0 Å². The van der Waals surface area contributed by atoms with E-state index in [1.165, 1.54) is 19.3 Å². The average Bonchev–Trinajstić information content (AvgIpc) is 3.12. The van der Waals surface area contributed by atoms with E-state index in [1.54, 1.807) is 12.1 Å². The number of amides is 1. The number of nitrogens with two attached hydrogens (primary N) is 1. The molecule has 0 radical (unpaired) electrons. The maximum absolute atomic E-state index is 13.2. The third-order valence-corrected chi connectivity index (χ3v) is 6.46. The van der Waals surface area contributed by atoms with Crippen LogP contribution in [0.25, 0.3) is 22.6 Å². The van der Waals surface area contributed by atoms with E-state index in [-0.39, 0.29) is 11.9 Å². The number of nitrogens with zero attached hydrogens (tertiary/aromatic N) is 2. The maximum Gasteiger partial charge on any atom is 0.253 e. The number of benzene rings is 2. The van der Waals surface area contributed by atoms with E-state index in [0.29, 0.717) is 40.3 Å². The molecule has 2 atom stereocenters. The fourth-order valence-electron chi connectivity index (χ4n) is 4.92. The minimum absolute atomic E-state index is 0.122. The second-order valence-electron chi connectivity index (χ2n) is 8.35. The van der Waals surface area contributed by atoms with Crippen molar-refractivity contribution in [1.29, 1.82) is 0 Å². The number of aromatic nitrogens is 1. The van der Waals surface area contributed by atoms with Gasteiger partial charge in [-0.05, 0) is 50.9 Å². The smallest absolute Gasteiger partial charge is 0.253 e. The predicted molar refractivity (Wildman–Crippen MR) is 114 cm³/mol. The summed E-state index contributed by atoms with van der Waals surface area (Å²) in [6.45, 7) is 0. The number of anilines is 1. The molecule has 0 aliphatic carbocycles. The fraction of sp³-hybridized carbons (Fsp3) is 0.391. The first kappa shape index (κ1) is 18.2. The molecule has 5 rings (SSSR count). The maximum atomic E-state index is 13.2. The standard InChI is InChI=1S/C23H26N4O2/c1-27-17-8-5-9-18(27)13-16(12-17)25-22(28)19-10-15(24)11-20-21(19)26-23(29-20)14-6-3-2-4-7-14/h2-4,6-7,10-11,16-18H,5,8-9,12-13,24H2,1H3,(H,25,28). The number of carbonyl (C=O) groups is 1. The predicted octanol–water partition coefficient (Wildman–Crippen LogP) is 3.82. The molecule has 0 saturated carbocycles. The van der Waals surface area contributed by atoms with E-state index >= 15 is 0 Å². The van der Waals surface area contributed by atoms with Crippen LogP contribution in [-0.4, -0.2) is 41.0 Å². The molecule has 0 spiro atoms. The van der Waals surface area contributed by atoms with Crippen molar-refractivity contribution in [3.63, 3.8) is 0 Å². The molecule has 2 fully saturated rings. The zero-order chi connectivity index (χ0) is 20.0. The minimum Gasteiger partial charge on any atom is -0.436 e. The lowest BCUT2D eigenvalue weighted by atomic mass is 9.82. The molecule has 2 bridgehead atoms.